The second kappa shape index (κ2) is 5.61. The summed E-state index contributed by atoms with van der Waals surface area (Å²) >= 11 is 0. The summed E-state index contributed by atoms with van der Waals surface area (Å²) < 4.78 is 73.0. The van der Waals surface area contributed by atoms with Crippen LogP contribution in [0.1, 0.15) is 0 Å². The van der Waals surface area contributed by atoms with E-state index in [2.05, 4.69) is 0 Å². The molecule has 0 amide bonds. The molecule has 6 N–H and O–H groups in total. The van der Waals surface area contributed by atoms with Gasteiger partial charge in [-0.15, -0.1) is 0 Å². The van der Waals surface area contributed by atoms with Crippen LogP contribution in [0.3, 0.4) is 0 Å². The van der Waals surface area contributed by atoms with Gasteiger partial charge in [0, 0.05) is 0 Å². The predicted octanol–water partition coefficient (Wildman–Crippen LogP) is 2.57. The highest BCUT2D eigenvalue weighted by molar-refractivity contribution is 8.05. The van der Waals surface area contributed by atoms with E-state index < -0.39 is 29.6 Å². The molecule has 0 aliphatic rings. The maximum atomic E-state index is 10.7. The standard InChI is InChI=1S/2C6H8O4S/c2*7-11(8,9,10)6-4-2-1-3-5-6/h2*1-5H,(H3,7,8,9,10). The Morgan fingerprint density at radius 3 is 0.864 bits per heavy atom. The summed E-state index contributed by atoms with van der Waals surface area (Å²) in [6.07, 6.45) is 0. The second-order valence-electron chi connectivity index (χ2n) is 4.28. The SMILES string of the molecule is O=S(O)(O)(O)c1ccccc1.O=S(O)(O)(O)c1ccccc1. The molecule has 2 aromatic rings. The maximum absolute atomic E-state index is 10.7. The molecule has 0 fully saturated rings. The fraction of sp³-hybridized carbons (Fsp3) is 0. The zero-order valence-electron chi connectivity index (χ0n) is 11.1. The summed E-state index contributed by atoms with van der Waals surface area (Å²) in [6, 6.07) is 13.6. The van der Waals surface area contributed by atoms with E-state index in [1.54, 1.807) is 12.1 Å². The van der Waals surface area contributed by atoms with Crippen LogP contribution in [-0.4, -0.2) is 35.7 Å². The molecule has 22 heavy (non-hydrogen) atoms. The average Bonchev–Trinajstić information content (AvgIpc) is 2.38. The summed E-state index contributed by atoms with van der Waals surface area (Å²) in [5.41, 5.74) is 0. The van der Waals surface area contributed by atoms with Gasteiger partial charge < -0.3 is 0 Å². The van der Waals surface area contributed by atoms with Crippen LogP contribution in [0.2, 0.25) is 0 Å². The van der Waals surface area contributed by atoms with Crippen LogP contribution < -0.4 is 0 Å². The molecule has 0 aliphatic heterocycles. The van der Waals surface area contributed by atoms with Crippen molar-refractivity contribution in [1.82, 2.24) is 0 Å². The summed E-state index contributed by atoms with van der Waals surface area (Å²) in [5.74, 6) is 0. The van der Waals surface area contributed by atoms with Crippen molar-refractivity contribution in [3.05, 3.63) is 60.7 Å². The second-order valence-corrected chi connectivity index (χ2v) is 8.52. The van der Waals surface area contributed by atoms with Gasteiger partial charge in [0.1, 0.15) is 0 Å². The van der Waals surface area contributed by atoms with Gasteiger partial charge in [-0.2, -0.15) is 8.42 Å². The van der Waals surface area contributed by atoms with Crippen LogP contribution in [-0.2, 0) is 19.8 Å². The molecule has 0 radical (unpaired) electrons. The van der Waals surface area contributed by atoms with Gasteiger partial charge in [0.15, 0.2) is 0 Å². The summed E-state index contributed by atoms with van der Waals surface area (Å²) in [5, 5.41) is 0. The van der Waals surface area contributed by atoms with Crippen LogP contribution >= 0.6 is 0 Å². The van der Waals surface area contributed by atoms with E-state index in [0.29, 0.717) is 0 Å². The van der Waals surface area contributed by atoms with Gasteiger partial charge in [-0.05, 0) is 24.3 Å². The van der Waals surface area contributed by atoms with Crippen molar-refractivity contribution in [2.75, 3.05) is 0 Å². The predicted molar refractivity (Wildman–Crippen MR) is 81.5 cm³/mol. The third-order valence-corrected chi connectivity index (χ3v) is 4.51. The monoisotopic (exact) mass is 352 g/mol. The fourth-order valence-electron chi connectivity index (χ4n) is 1.32. The van der Waals surface area contributed by atoms with Gasteiger partial charge in [-0.1, -0.05) is 36.4 Å². The molecule has 8 nitrogen and oxygen atoms in total. The Morgan fingerprint density at radius 2 is 0.727 bits per heavy atom. The lowest BCUT2D eigenvalue weighted by atomic mass is 10.4. The van der Waals surface area contributed by atoms with Crippen LogP contribution in [0.15, 0.2) is 70.5 Å². The smallest absolute Gasteiger partial charge is 0.213 e. The lowest BCUT2D eigenvalue weighted by Gasteiger charge is -2.22. The normalized spacial score (nSPS) is 15.4. The molecule has 0 saturated carbocycles. The summed E-state index contributed by atoms with van der Waals surface area (Å²) in [6.45, 7) is 0. The van der Waals surface area contributed by atoms with E-state index in [0.717, 1.165) is 24.3 Å². The molecule has 2 rings (SSSR count). The average molecular weight is 352 g/mol. The van der Waals surface area contributed by atoms with Gasteiger partial charge in [-0.3, -0.25) is 27.3 Å². The minimum absolute atomic E-state index is 0.399. The quantitative estimate of drug-likeness (QED) is 0.481. The molecule has 10 heteroatoms. The molecule has 2 aromatic carbocycles. The van der Waals surface area contributed by atoms with Gasteiger partial charge in [0.2, 0.25) is 19.8 Å². The van der Waals surface area contributed by atoms with Crippen molar-refractivity contribution >= 4 is 19.8 Å². The van der Waals surface area contributed by atoms with Crippen molar-refractivity contribution in [2.24, 2.45) is 0 Å². The molecule has 0 aromatic heterocycles. The third kappa shape index (κ3) is 6.09. The lowest BCUT2D eigenvalue weighted by Crippen LogP contribution is -2.29. The lowest BCUT2D eigenvalue weighted by molar-refractivity contribution is 0.283. The first-order valence-corrected chi connectivity index (χ1v) is 9.33. The number of rotatable bonds is 2. The minimum atomic E-state index is -5.51. The zero-order valence-corrected chi connectivity index (χ0v) is 12.7. The Balaban J connectivity index is 0.000000220. The first-order chi connectivity index (χ1) is 9.73. The van der Waals surface area contributed by atoms with Crippen LogP contribution in [0.4, 0.5) is 0 Å². The number of hydrogen-bond acceptors (Lipinski definition) is 2. The third-order valence-electron chi connectivity index (χ3n) is 2.31. The summed E-state index contributed by atoms with van der Waals surface area (Å²) in [7, 11) is -11.0. The van der Waals surface area contributed by atoms with E-state index in [1.807, 2.05) is 0 Å². The van der Waals surface area contributed by atoms with Crippen LogP contribution in [0, 0.1) is 0 Å². The molecule has 0 bridgehead atoms. The van der Waals surface area contributed by atoms with E-state index in [-0.39, 0.29) is 0 Å². The molecule has 0 heterocycles. The molecule has 0 spiro atoms. The molecule has 0 atom stereocenters. The Morgan fingerprint density at radius 1 is 0.500 bits per heavy atom. The van der Waals surface area contributed by atoms with Crippen molar-refractivity contribution < 1.29 is 35.7 Å². The Labute approximate surface area is 126 Å². The molecule has 124 valence electrons. The van der Waals surface area contributed by atoms with Crippen molar-refractivity contribution in [2.45, 2.75) is 9.79 Å². The maximum Gasteiger partial charge on any atom is 0.213 e. The van der Waals surface area contributed by atoms with Gasteiger partial charge in [-0.25, -0.2) is 0 Å². The highest BCUT2D eigenvalue weighted by Gasteiger charge is 2.28. The van der Waals surface area contributed by atoms with Crippen molar-refractivity contribution in [3.8, 4) is 0 Å². The van der Waals surface area contributed by atoms with Gasteiger partial charge in [0.05, 0.1) is 9.79 Å². The number of benzene rings is 2. The molecular formula is C12H16O8S2. The van der Waals surface area contributed by atoms with Crippen LogP contribution in [0.25, 0.3) is 0 Å². The van der Waals surface area contributed by atoms with Crippen LogP contribution in [0.5, 0.6) is 0 Å². The van der Waals surface area contributed by atoms with E-state index in [9.17, 15) is 8.42 Å². The highest BCUT2D eigenvalue weighted by atomic mass is 32.3. The van der Waals surface area contributed by atoms with E-state index in [4.69, 9.17) is 27.3 Å². The molecule has 0 aliphatic carbocycles. The van der Waals surface area contributed by atoms with Gasteiger partial charge >= 0.3 is 0 Å². The largest absolute Gasteiger partial charge is 0.285 e. The van der Waals surface area contributed by atoms with Gasteiger partial charge in [0.25, 0.3) is 0 Å². The first-order valence-electron chi connectivity index (χ1n) is 5.66. The highest BCUT2D eigenvalue weighted by Crippen LogP contribution is 2.24. The number of hydrogen-bond donors (Lipinski definition) is 6. The van der Waals surface area contributed by atoms with Crippen molar-refractivity contribution in [3.63, 3.8) is 0 Å². The Bertz CT molecular complexity index is 671. The van der Waals surface area contributed by atoms with E-state index >= 15 is 0 Å². The van der Waals surface area contributed by atoms with E-state index in [1.165, 1.54) is 24.3 Å². The Hall–Kier alpha value is -1.50. The molecular weight excluding hydrogens is 336 g/mol. The minimum Gasteiger partial charge on any atom is -0.285 e. The summed E-state index contributed by atoms with van der Waals surface area (Å²) in [4.78, 5) is -0.797. The molecule has 0 saturated heterocycles. The molecule has 0 unspecified atom stereocenters. The van der Waals surface area contributed by atoms with Crippen molar-refractivity contribution in [1.29, 1.82) is 0 Å². The fourth-order valence-corrected chi connectivity index (χ4v) is 2.58. The topological polar surface area (TPSA) is 156 Å². The first kappa shape index (κ1) is 18.5. The Kier molecular flexibility index (Phi) is 4.73. The zero-order chi connectivity index (χ0) is 17.1.